The monoisotopic (exact) mass is 271 g/mol. The Hall–Kier alpha value is -0.380. The first-order chi connectivity index (χ1) is 7.31. The lowest BCUT2D eigenvalue weighted by Crippen LogP contribution is -2.09. The first-order valence-electron chi connectivity index (χ1n) is 5.81. The Bertz CT molecular complexity index is 327. The summed E-state index contributed by atoms with van der Waals surface area (Å²) in [5, 5.41) is 9.47. The van der Waals surface area contributed by atoms with Crippen LogP contribution in [0.5, 0.6) is 0 Å². The van der Waals surface area contributed by atoms with Gasteiger partial charge in [0.1, 0.15) is 11.6 Å². The highest BCUT2D eigenvalue weighted by Gasteiger charge is 2.30. The molecule has 0 aromatic carbocycles. The zero-order chi connectivity index (χ0) is 10.8. The van der Waals surface area contributed by atoms with Crippen molar-refractivity contribution in [3.8, 4) is 0 Å². The topological polar surface area (TPSA) is 30.7 Å². The van der Waals surface area contributed by atoms with Gasteiger partial charge in [-0.05, 0) is 25.7 Å². The zero-order valence-corrected chi connectivity index (χ0v) is 11.0. The molecule has 84 valence electrons. The van der Waals surface area contributed by atoms with Crippen molar-refractivity contribution < 1.29 is 0 Å². The summed E-state index contributed by atoms with van der Waals surface area (Å²) in [5.41, 5.74) is 0. The number of rotatable bonds is 5. The van der Waals surface area contributed by atoms with Crippen LogP contribution < -0.4 is 0 Å². The minimum absolute atomic E-state index is 0.575. The summed E-state index contributed by atoms with van der Waals surface area (Å²) in [5.74, 6) is 2.88. The number of halogens is 1. The summed E-state index contributed by atoms with van der Waals surface area (Å²) in [7, 11) is 0. The van der Waals surface area contributed by atoms with Crippen LogP contribution >= 0.6 is 15.9 Å². The highest BCUT2D eigenvalue weighted by atomic mass is 79.9. The van der Waals surface area contributed by atoms with Crippen LogP contribution in [-0.2, 0) is 5.33 Å². The first-order valence-corrected chi connectivity index (χ1v) is 6.93. The lowest BCUT2D eigenvalue weighted by molar-refractivity contribution is 0.546. The molecule has 1 aromatic heterocycles. The van der Waals surface area contributed by atoms with Crippen molar-refractivity contribution in [2.45, 2.75) is 56.8 Å². The van der Waals surface area contributed by atoms with E-state index in [0.29, 0.717) is 12.0 Å². The normalized spacial score (nSPS) is 16.3. The quantitative estimate of drug-likeness (QED) is 0.769. The summed E-state index contributed by atoms with van der Waals surface area (Å²) >= 11 is 3.49. The zero-order valence-electron chi connectivity index (χ0n) is 9.41. The Balaban J connectivity index is 2.32. The van der Waals surface area contributed by atoms with Crippen LogP contribution in [0, 0.1) is 0 Å². The lowest BCUT2D eigenvalue weighted by atomic mass is 10.0. The molecule has 0 aliphatic heterocycles. The third kappa shape index (κ3) is 2.10. The smallest absolute Gasteiger partial charge is 0.143 e. The summed E-state index contributed by atoms with van der Waals surface area (Å²) in [6, 6.07) is 0.683. The molecule has 0 N–H and O–H groups in total. The van der Waals surface area contributed by atoms with Gasteiger partial charge in [-0.15, -0.1) is 10.2 Å². The molecule has 1 fully saturated rings. The molecular formula is C11H18BrN3. The largest absolute Gasteiger partial charge is 0.311 e. The SMILES string of the molecule is CCC(CC)c1nnc(CBr)n1C1CC1. The van der Waals surface area contributed by atoms with E-state index >= 15 is 0 Å². The van der Waals surface area contributed by atoms with Gasteiger partial charge in [0.2, 0.25) is 0 Å². The van der Waals surface area contributed by atoms with Crippen LogP contribution in [-0.4, -0.2) is 14.8 Å². The van der Waals surface area contributed by atoms with E-state index in [2.05, 4.69) is 44.5 Å². The van der Waals surface area contributed by atoms with Crippen molar-refractivity contribution >= 4 is 15.9 Å². The van der Waals surface area contributed by atoms with E-state index in [4.69, 9.17) is 0 Å². The van der Waals surface area contributed by atoms with Crippen LogP contribution in [0.3, 0.4) is 0 Å². The van der Waals surface area contributed by atoms with Crippen molar-refractivity contribution in [1.82, 2.24) is 14.8 Å². The summed E-state index contributed by atoms with van der Waals surface area (Å²) in [6.45, 7) is 4.46. The van der Waals surface area contributed by atoms with Gasteiger partial charge >= 0.3 is 0 Å². The number of hydrogen-bond donors (Lipinski definition) is 0. The number of aromatic nitrogens is 3. The van der Waals surface area contributed by atoms with Crippen LogP contribution in [0.25, 0.3) is 0 Å². The maximum atomic E-state index is 4.37. The first kappa shape index (κ1) is 11.1. The van der Waals surface area contributed by atoms with Crippen molar-refractivity contribution in [3.63, 3.8) is 0 Å². The molecule has 0 atom stereocenters. The Labute approximate surface area is 99.4 Å². The molecule has 1 aromatic rings. The van der Waals surface area contributed by atoms with E-state index in [1.165, 1.54) is 18.7 Å². The molecule has 0 spiro atoms. The fourth-order valence-corrected chi connectivity index (χ4v) is 2.47. The minimum Gasteiger partial charge on any atom is -0.311 e. The van der Waals surface area contributed by atoms with Crippen LogP contribution in [0.15, 0.2) is 0 Å². The van der Waals surface area contributed by atoms with Gasteiger partial charge in [0.15, 0.2) is 0 Å². The number of nitrogens with zero attached hydrogens (tertiary/aromatic N) is 3. The third-order valence-electron chi connectivity index (χ3n) is 3.18. The van der Waals surface area contributed by atoms with Crippen molar-refractivity contribution in [3.05, 3.63) is 11.6 Å². The molecule has 4 heteroatoms. The number of hydrogen-bond acceptors (Lipinski definition) is 2. The molecule has 1 saturated carbocycles. The summed E-state index contributed by atoms with van der Waals surface area (Å²) in [6.07, 6.45) is 4.91. The molecule has 3 nitrogen and oxygen atoms in total. The van der Waals surface area contributed by atoms with Crippen LogP contribution in [0.4, 0.5) is 0 Å². The van der Waals surface area contributed by atoms with E-state index in [1.54, 1.807) is 0 Å². The maximum absolute atomic E-state index is 4.37. The average molecular weight is 272 g/mol. The molecular weight excluding hydrogens is 254 g/mol. The molecule has 1 heterocycles. The molecule has 1 aliphatic rings. The van der Waals surface area contributed by atoms with Crippen molar-refractivity contribution in [1.29, 1.82) is 0 Å². The minimum atomic E-state index is 0.575. The standard InChI is InChI=1S/C11H18BrN3/c1-3-8(4-2)11-14-13-10(7-12)15(11)9-5-6-9/h8-9H,3-7H2,1-2H3. The molecule has 2 rings (SSSR count). The number of alkyl halides is 1. The van der Waals surface area contributed by atoms with Gasteiger partial charge in [0.05, 0.1) is 5.33 Å². The fraction of sp³-hybridized carbons (Fsp3) is 0.818. The van der Waals surface area contributed by atoms with Crippen molar-refractivity contribution in [2.75, 3.05) is 0 Å². The van der Waals surface area contributed by atoms with Crippen molar-refractivity contribution in [2.24, 2.45) is 0 Å². The van der Waals surface area contributed by atoms with Gasteiger partial charge in [-0.1, -0.05) is 29.8 Å². The summed E-state index contributed by atoms with van der Waals surface area (Å²) in [4.78, 5) is 0. The highest BCUT2D eigenvalue weighted by molar-refractivity contribution is 9.08. The average Bonchev–Trinajstić information content (AvgIpc) is 3.01. The predicted molar refractivity (Wildman–Crippen MR) is 64.2 cm³/mol. The Morgan fingerprint density at radius 3 is 2.47 bits per heavy atom. The lowest BCUT2D eigenvalue weighted by Gasteiger charge is -2.14. The van der Waals surface area contributed by atoms with Gasteiger partial charge in [-0.3, -0.25) is 0 Å². The molecule has 0 radical (unpaired) electrons. The maximum Gasteiger partial charge on any atom is 0.143 e. The Kier molecular flexibility index (Phi) is 3.44. The Morgan fingerprint density at radius 2 is 2.00 bits per heavy atom. The van der Waals surface area contributed by atoms with Gasteiger partial charge < -0.3 is 4.57 Å². The highest BCUT2D eigenvalue weighted by Crippen LogP contribution is 2.39. The predicted octanol–water partition coefficient (Wildman–Crippen LogP) is 3.41. The molecule has 0 bridgehead atoms. The fourth-order valence-electron chi connectivity index (χ4n) is 2.09. The molecule has 0 amide bonds. The van der Waals surface area contributed by atoms with Gasteiger partial charge in [-0.25, -0.2) is 0 Å². The molecule has 0 unspecified atom stereocenters. The second kappa shape index (κ2) is 4.64. The van der Waals surface area contributed by atoms with Gasteiger partial charge in [0.25, 0.3) is 0 Å². The summed E-state index contributed by atoms with van der Waals surface area (Å²) < 4.78 is 2.37. The third-order valence-corrected chi connectivity index (χ3v) is 3.68. The van der Waals surface area contributed by atoms with E-state index in [1.807, 2.05) is 0 Å². The van der Waals surface area contributed by atoms with E-state index in [0.717, 1.165) is 24.0 Å². The second-order valence-corrected chi connectivity index (χ2v) is 4.78. The van der Waals surface area contributed by atoms with E-state index < -0.39 is 0 Å². The Morgan fingerprint density at radius 1 is 1.33 bits per heavy atom. The van der Waals surface area contributed by atoms with Gasteiger partial charge in [0, 0.05) is 12.0 Å². The molecule has 0 saturated heterocycles. The van der Waals surface area contributed by atoms with Crippen LogP contribution in [0.2, 0.25) is 0 Å². The second-order valence-electron chi connectivity index (χ2n) is 4.22. The van der Waals surface area contributed by atoms with E-state index in [9.17, 15) is 0 Å². The van der Waals surface area contributed by atoms with Crippen LogP contribution in [0.1, 0.15) is 63.1 Å². The van der Waals surface area contributed by atoms with Gasteiger partial charge in [-0.2, -0.15) is 0 Å². The van der Waals surface area contributed by atoms with E-state index in [-0.39, 0.29) is 0 Å². The molecule has 1 aliphatic carbocycles. The molecule has 15 heavy (non-hydrogen) atoms.